The van der Waals surface area contributed by atoms with E-state index in [4.69, 9.17) is 5.73 Å². The molecule has 0 bridgehead atoms. The van der Waals surface area contributed by atoms with Crippen LogP contribution in [0.4, 0.5) is 5.69 Å². The van der Waals surface area contributed by atoms with Crippen LogP contribution in [-0.4, -0.2) is 41.1 Å². The summed E-state index contributed by atoms with van der Waals surface area (Å²) in [5.41, 5.74) is 7.11. The van der Waals surface area contributed by atoms with Gasteiger partial charge in [-0.1, -0.05) is 6.92 Å². The van der Waals surface area contributed by atoms with E-state index in [1.54, 1.807) is 6.07 Å². The summed E-state index contributed by atoms with van der Waals surface area (Å²) in [5.74, 6) is -0.0261. The number of hydrogen-bond acceptors (Lipinski definition) is 3. The predicted molar refractivity (Wildman–Crippen MR) is 81.7 cm³/mol. The fourth-order valence-corrected chi connectivity index (χ4v) is 2.85. The normalized spacial score (nSPS) is 17.3. The van der Waals surface area contributed by atoms with Crippen molar-refractivity contribution in [3.8, 4) is 0 Å². The molecule has 5 nitrogen and oxygen atoms in total. The number of rotatable bonds is 6. The zero-order valence-electron chi connectivity index (χ0n) is 12.6. The first-order valence-electron chi connectivity index (χ1n) is 7.59. The lowest BCUT2D eigenvalue weighted by Gasteiger charge is -2.21. The number of nitrogens with zero attached hydrogens (tertiary/aromatic N) is 2. The minimum atomic E-state index is -0.0261. The predicted octanol–water partition coefficient (Wildman–Crippen LogP) is 1.69. The Morgan fingerprint density at radius 2 is 2.15 bits per heavy atom. The number of nitrogens with one attached hydrogen (secondary N) is 1. The molecule has 1 atom stereocenters. The largest absolute Gasteiger partial charge is 0.397 e. The van der Waals surface area contributed by atoms with Crippen LogP contribution < -0.4 is 11.1 Å². The molecular weight excluding hydrogens is 252 g/mol. The van der Waals surface area contributed by atoms with Gasteiger partial charge in [-0.05, 0) is 45.3 Å². The van der Waals surface area contributed by atoms with Crippen molar-refractivity contribution in [3.63, 3.8) is 0 Å². The molecule has 1 aromatic heterocycles. The van der Waals surface area contributed by atoms with Gasteiger partial charge in [-0.15, -0.1) is 0 Å². The lowest BCUT2D eigenvalue weighted by Crippen LogP contribution is -2.41. The topological polar surface area (TPSA) is 63.3 Å². The summed E-state index contributed by atoms with van der Waals surface area (Å²) >= 11 is 0. The van der Waals surface area contributed by atoms with E-state index in [2.05, 4.69) is 24.1 Å². The Labute approximate surface area is 121 Å². The van der Waals surface area contributed by atoms with Crippen LogP contribution in [0.25, 0.3) is 0 Å². The maximum Gasteiger partial charge on any atom is 0.268 e. The quantitative estimate of drug-likeness (QED) is 0.832. The number of nitrogens with two attached hydrogens (primary N) is 1. The van der Waals surface area contributed by atoms with Crippen LogP contribution in [0.5, 0.6) is 0 Å². The van der Waals surface area contributed by atoms with Gasteiger partial charge in [0, 0.05) is 25.3 Å². The Hall–Kier alpha value is -1.49. The number of amides is 1. The molecule has 5 heteroatoms. The molecule has 20 heavy (non-hydrogen) atoms. The third kappa shape index (κ3) is 3.76. The van der Waals surface area contributed by atoms with Crippen molar-refractivity contribution in [2.75, 3.05) is 25.4 Å². The molecule has 0 spiro atoms. The summed E-state index contributed by atoms with van der Waals surface area (Å²) in [7, 11) is 0. The van der Waals surface area contributed by atoms with Gasteiger partial charge in [0.1, 0.15) is 5.69 Å². The molecule has 1 saturated heterocycles. The van der Waals surface area contributed by atoms with Crippen molar-refractivity contribution in [1.82, 2.24) is 14.8 Å². The van der Waals surface area contributed by atoms with E-state index in [1.807, 2.05) is 10.8 Å². The number of likely N-dealkylation sites (tertiary alicyclic amines) is 1. The van der Waals surface area contributed by atoms with Crippen molar-refractivity contribution in [2.45, 2.75) is 45.7 Å². The van der Waals surface area contributed by atoms with Gasteiger partial charge >= 0.3 is 0 Å². The highest BCUT2D eigenvalue weighted by Crippen LogP contribution is 2.12. The molecule has 1 aliphatic rings. The molecular formula is C15H26N4O. The third-order valence-electron chi connectivity index (χ3n) is 3.72. The van der Waals surface area contributed by atoms with E-state index in [-0.39, 0.29) is 11.9 Å². The Morgan fingerprint density at radius 1 is 1.45 bits per heavy atom. The highest BCUT2D eigenvalue weighted by atomic mass is 16.2. The van der Waals surface area contributed by atoms with Crippen molar-refractivity contribution in [2.24, 2.45) is 0 Å². The van der Waals surface area contributed by atoms with Crippen LogP contribution in [0.1, 0.15) is 43.6 Å². The van der Waals surface area contributed by atoms with Crippen LogP contribution in [0.15, 0.2) is 12.3 Å². The van der Waals surface area contributed by atoms with Gasteiger partial charge in [-0.3, -0.25) is 4.79 Å². The summed E-state index contributed by atoms with van der Waals surface area (Å²) in [6.07, 6.45) is 5.37. The third-order valence-corrected chi connectivity index (χ3v) is 3.72. The molecule has 112 valence electrons. The van der Waals surface area contributed by atoms with Gasteiger partial charge in [-0.2, -0.15) is 0 Å². The van der Waals surface area contributed by atoms with E-state index in [0.29, 0.717) is 11.4 Å². The first kappa shape index (κ1) is 14.9. The maximum atomic E-state index is 12.3. The average Bonchev–Trinajstić information content (AvgIpc) is 2.99. The number of nitrogen functional groups attached to an aromatic ring is 1. The van der Waals surface area contributed by atoms with E-state index in [0.717, 1.165) is 32.6 Å². The summed E-state index contributed by atoms with van der Waals surface area (Å²) in [5, 5.41) is 3.08. The summed E-state index contributed by atoms with van der Waals surface area (Å²) in [6.45, 7) is 8.20. The van der Waals surface area contributed by atoms with Gasteiger partial charge in [-0.25, -0.2) is 0 Å². The number of anilines is 1. The zero-order valence-corrected chi connectivity index (χ0v) is 12.6. The molecule has 1 aromatic rings. The average molecular weight is 278 g/mol. The molecule has 0 radical (unpaired) electrons. The minimum absolute atomic E-state index is 0.0261. The molecule has 2 heterocycles. The van der Waals surface area contributed by atoms with Crippen LogP contribution in [0.2, 0.25) is 0 Å². The number of aryl methyl sites for hydroxylation is 1. The fraction of sp³-hybridized carbons (Fsp3) is 0.667. The number of aromatic nitrogens is 1. The second-order valence-electron chi connectivity index (χ2n) is 5.73. The van der Waals surface area contributed by atoms with E-state index < -0.39 is 0 Å². The lowest BCUT2D eigenvalue weighted by molar-refractivity contribution is 0.0922. The minimum Gasteiger partial charge on any atom is -0.397 e. The van der Waals surface area contributed by atoms with Gasteiger partial charge in [0.15, 0.2) is 0 Å². The maximum absolute atomic E-state index is 12.3. The number of hydrogen-bond donors (Lipinski definition) is 2. The molecule has 0 aliphatic carbocycles. The van der Waals surface area contributed by atoms with Crippen LogP contribution >= 0.6 is 0 Å². The zero-order chi connectivity index (χ0) is 14.5. The van der Waals surface area contributed by atoms with E-state index >= 15 is 0 Å². The van der Waals surface area contributed by atoms with Crippen LogP contribution in [0.3, 0.4) is 0 Å². The molecule has 1 unspecified atom stereocenters. The van der Waals surface area contributed by atoms with E-state index in [9.17, 15) is 4.79 Å². The molecule has 2 rings (SSSR count). The number of carbonyl (C=O) groups is 1. The van der Waals surface area contributed by atoms with Crippen molar-refractivity contribution in [1.29, 1.82) is 0 Å². The molecule has 3 N–H and O–H groups in total. The Balaban J connectivity index is 1.93. The van der Waals surface area contributed by atoms with Gasteiger partial charge < -0.3 is 20.5 Å². The second kappa shape index (κ2) is 6.79. The Kier molecular flexibility index (Phi) is 5.06. The standard InChI is InChI=1S/C15H26N4O/c1-3-6-19-11-13(16)9-14(19)15(20)17-12(2)10-18-7-4-5-8-18/h9,11-12H,3-8,10,16H2,1-2H3,(H,17,20). The summed E-state index contributed by atoms with van der Waals surface area (Å²) in [6, 6.07) is 1.92. The Morgan fingerprint density at radius 3 is 2.80 bits per heavy atom. The van der Waals surface area contributed by atoms with Crippen molar-refractivity contribution >= 4 is 11.6 Å². The smallest absolute Gasteiger partial charge is 0.268 e. The van der Waals surface area contributed by atoms with E-state index in [1.165, 1.54) is 12.8 Å². The molecule has 0 saturated carbocycles. The molecule has 1 fully saturated rings. The molecule has 1 amide bonds. The lowest BCUT2D eigenvalue weighted by atomic mass is 10.3. The monoisotopic (exact) mass is 278 g/mol. The SMILES string of the molecule is CCCn1cc(N)cc1C(=O)NC(C)CN1CCCC1. The van der Waals surface area contributed by atoms with Crippen molar-refractivity contribution < 1.29 is 4.79 Å². The fourth-order valence-electron chi connectivity index (χ4n) is 2.85. The van der Waals surface area contributed by atoms with Gasteiger partial charge in [0.05, 0.1) is 5.69 Å². The van der Waals surface area contributed by atoms with Gasteiger partial charge in [0.2, 0.25) is 0 Å². The highest BCUT2D eigenvalue weighted by Gasteiger charge is 2.18. The molecule has 1 aliphatic heterocycles. The second-order valence-corrected chi connectivity index (χ2v) is 5.73. The highest BCUT2D eigenvalue weighted by molar-refractivity contribution is 5.94. The van der Waals surface area contributed by atoms with Crippen LogP contribution in [0, 0.1) is 0 Å². The number of carbonyl (C=O) groups excluding carboxylic acids is 1. The first-order valence-corrected chi connectivity index (χ1v) is 7.59. The Bertz CT molecular complexity index is 449. The summed E-state index contributed by atoms with van der Waals surface area (Å²) < 4.78 is 1.94. The van der Waals surface area contributed by atoms with Gasteiger partial charge in [0.25, 0.3) is 5.91 Å². The first-order chi connectivity index (χ1) is 9.60. The van der Waals surface area contributed by atoms with Crippen LogP contribution in [-0.2, 0) is 6.54 Å². The molecule has 0 aromatic carbocycles. The summed E-state index contributed by atoms with van der Waals surface area (Å²) in [4.78, 5) is 14.7. The van der Waals surface area contributed by atoms with Crippen molar-refractivity contribution in [3.05, 3.63) is 18.0 Å².